The van der Waals surface area contributed by atoms with Gasteiger partial charge in [0.1, 0.15) is 0 Å². The van der Waals surface area contributed by atoms with Crippen molar-refractivity contribution in [1.29, 1.82) is 0 Å². The molecule has 3 nitrogen and oxygen atoms in total. The van der Waals surface area contributed by atoms with E-state index in [0.29, 0.717) is 0 Å². The van der Waals surface area contributed by atoms with E-state index in [9.17, 15) is 0 Å². The second-order valence-electron chi connectivity index (χ2n) is 2.97. The van der Waals surface area contributed by atoms with Crippen LogP contribution in [0.3, 0.4) is 0 Å². The number of imidazole rings is 1. The molecule has 0 saturated heterocycles. The average molecular weight is 225 g/mol. The van der Waals surface area contributed by atoms with Gasteiger partial charge in [-0.2, -0.15) is 0 Å². The highest BCUT2D eigenvalue weighted by Gasteiger charge is 2.02. The van der Waals surface area contributed by atoms with Gasteiger partial charge in [0.05, 0.1) is 10.7 Å². The quantitative estimate of drug-likeness (QED) is 0.752. The van der Waals surface area contributed by atoms with E-state index in [2.05, 4.69) is 15.3 Å². The summed E-state index contributed by atoms with van der Waals surface area (Å²) in [5, 5.41) is 4.27. The Bertz CT molecular complexity index is 419. The summed E-state index contributed by atoms with van der Waals surface area (Å²) in [7, 11) is 2.00. The van der Waals surface area contributed by atoms with Gasteiger partial charge in [-0.05, 0) is 6.92 Å². The summed E-state index contributed by atoms with van der Waals surface area (Å²) in [6.45, 7) is 2.03. The molecule has 0 aliphatic rings. The molecule has 74 valence electrons. The van der Waals surface area contributed by atoms with Crippen LogP contribution in [0.2, 0.25) is 0 Å². The lowest BCUT2D eigenvalue weighted by Crippen LogP contribution is -1.89. The third kappa shape index (κ3) is 2.16. The minimum absolute atomic E-state index is 0.898. The normalized spacial score (nSPS) is 10.7. The van der Waals surface area contributed by atoms with Crippen LogP contribution >= 0.6 is 23.1 Å². The van der Waals surface area contributed by atoms with E-state index in [-0.39, 0.29) is 0 Å². The summed E-state index contributed by atoms with van der Waals surface area (Å²) in [5.74, 6) is 0.898. The van der Waals surface area contributed by atoms with Crippen LogP contribution in [-0.2, 0) is 12.8 Å². The number of nitrogens with zero attached hydrogens (tertiary/aromatic N) is 3. The molecule has 0 N–H and O–H groups in total. The molecule has 0 radical (unpaired) electrons. The van der Waals surface area contributed by atoms with Gasteiger partial charge >= 0.3 is 0 Å². The fourth-order valence-corrected chi connectivity index (χ4v) is 2.65. The maximum atomic E-state index is 4.40. The lowest BCUT2D eigenvalue weighted by atomic mass is 10.6. The number of rotatable bonds is 3. The summed E-state index contributed by atoms with van der Waals surface area (Å²) >= 11 is 3.41. The number of thioether (sulfide) groups is 1. The first-order valence-electron chi connectivity index (χ1n) is 4.27. The van der Waals surface area contributed by atoms with Gasteiger partial charge in [0.15, 0.2) is 5.16 Å². The topological polar surface area (TPSA) is 30.7 Å². The predicted molar refractivity (Wildman–Crippen MR) is 59.6 cm³/mol. The predicted octanol–water partition coefficient (Wildman–Crippen LogP) is 2.48. The molecule has 14 heavy (non-hydrogen) atoms. The highest BCUT2D eigenvalue weighted by atomic mass is 32.2. The smallest absolute Gasteiger partial charge is 0.168 e. The van der Waals surface area contributed by atoms with Crippen LogP contribution in [0.1, 0.15) is 10.7 Å². The van der Waals surface area contributed by atoms with E-state index in [4.69, 9.17) is 0 Å². The Hall–Kier alpha value is -0.810. The number of aromatic nitrogens is 3. The Morgan fingerprint density at radius 1 is 1.57 bits per heavy atom. The van der Waals surface area contributed by atoms with Crippen molar-refractivity contribution >= 4 is 23.1 Å². The zero-order valence-electron chi connectivity index (χ0n) is 8.10. The van der Waals surface area contributed by atoms with Gasteiger partial charge in [-0.15, -0.1) is 11.3 Å². The minimum Gasteiger partial charge on any atom is -0.329 e. The first-order valence-corrected chi connectivity index (χ1v) is 6.13. The van der Waals surface area contributed by atoms with E-state index >= 15 is 0 Å². The lowest BCUT2D eigenvalue weighted by Gasteiger charge is -1.98. The van der Waals surface area contributed by atoms with E-state index in [0.717, 1.165) is 21.6 Å². The highest BCUT2D eigenvalue weighted by Crippen LogP contribution is 2.21. The summed E-state index contributed by atoms with van der Waals surface area (Å²) in [4.78, 5) is 8.64. The third-order valence-corrected chi connectivity index (χ3v) is 3.71. The Kier molecular flexibility index (Phi) is 2.88. The van der Waals surface area contributed by atoms with Gasteiger partial charge in [0, 0.05) is 30.6 Å². The summed E-state index contributed by atoms with van der Waals surface area (Å²) in [6, 6.07) is 0. The molecular weight excluding hydrogens is 214 g/mol. The number of hydrogen-bond acceptors (Lipinski definition) is 4. The molecule has 0 bridgehead atoms. The van der Waals surface area contributed by atoms with Gasteiger partial charge in [0.2, 0.25) is 0 Å². The van der Waals surface area contributed by atoms with Crippen LogP contribution in [0.15, 0.2) is 22.9 Å². The zero-order chi connectivity index (χ0) is 9.97. The molecule has 0 unspecified atom stereocenters. The van der Waals surface area contributed by atoms with Gasteiger partial charge in [-0.25, -0.2) is 9.97 Å². The maximum Gasteiger partial charge on any atom is 0.168 e. The monoisotopic (exact) mass is 225 g/mol. The van der Waals surface area contributed by atoms with Crippen molar-refractivity contribution in [1.82, 2.24) is 14.5 Å². The van der Waals surface area contributed by atoms with Gasteiger partial charge in [-0.3, -0.25) is 0 Å². The molecule has 0 spiro atoms. The Balaban J connectivity index is 1.98. The van der Waals surface area contributed by atoms with Gasteiger partial charge in [-0.1, -0.05) is 11.8 Å². The fourth-order valence-electron chi connectivity index (χ4n) is 1.10. The van der Waals surface area contributed by atoms with Gasteiger partial charge < -0.3 is 4.57 Å². The minimum atomic E-state index is 0.898. The Morgan fingerprint density at radius 3 is 3.00 bits per heavy atom. The van der Waals surface area contributed by atoms with Crippen molar-refractivity contribution in [3.8, 4) is 0 Å². The fraction of sp³-hybridized carbons (Fsp3) is 0.333. The molecule has 0 aromatic carbocycles. The summed E-state index contributed by atoms with van der Waals surface area (Å²) in [6.07, 6.45) is 3.77. The third-order valence-electron chi connectivity index (χ3n) is 1.79. The molecule has 0 fully saturated rings. The average Bonchev–Trinajstić information content (AvgIpc) is 2.72. The largest absolute Gasteiger partial charge is 0.329 e. The van der Waals surface area contributed by atoms with Crippen LogP contribution in [-0.4, -0.2) is 14.5 Å². The second kappa shape index (κ2) is 4.14. The van der Waals surface area contributed by atoms with E-state index in [1.54, 1.807) is 23.1 Å². The lowest BCUT2D eigenvalue weighted by molar-refractivity contribution is 0.789. The molecule has 0 saturated carbocycles. The molecule has 5 heteroatoms. The molecule has 0 amide bonds. The summed E-state index contributed by atoms with van der Waals surface area (Å²) < 4.78 is 2.02. The van der Waals surface area contributed by atoms with E-state index < -0.39 is 0 Å². The molecule has 2 heterocycles. The molecule has 0 aliphatic carbocycles. The van der Waals surface area contributed by atoms with Crippen LogP contribution in [0, 0.1) is 6.92 Å². The number of hydrogen-bond donors (Lipinski definition) is 0. The van der Waals surface area contributed by atoms with Crippen LogP contribution in [0.25, 0.3) is 0 Å². The van der Waals surface area contributed by atoms with Crippen LogP contribution < -0.4 is 0 Å². The molecule has 0 aliphatic heterocycles. The van der Waals surface area contributed by atoms with Crippen molar-refractivity contribution in [2.75, 3.05) is 0 Å². The standard InChI is InChI=1S/C9H11N3S2/c1-7-11-8(5-13-7)6-14-9-10-3-4-12(9)2/h3-5H,6H2,1-2H3. The Morgan fingerprint density at radius 2 is 2.43 bits per heavy atom. The van der Waals surface area contributed by atoms with Crippen molar-refractivity contribution < 1.29 is 0 Å². The van der Waals surface area contributed by atoms with E-state index in [1.165, 1.54) is 0 Å². The Labute approximate surface area is 91.2 Å². The zero-order valence-corrected chi connectivity index (χ0v) is 9.73. The highest BCUT2D eigenvalue weighted by molar-refractivity contribution is 7.98. The van der Waals surface area contributed by atoms with E-state index in [1.807, 2.05) is 30.9 Å². The van der Waals surface area contributed by atoms with Crippen molar-refractivity contribution in [2.45, 2.75) is 17.8 Å². The van der Waals surface area contributed by atoms with Crippen molar-refractivity contribution in [3.05, 3.63) is 28.5 Å². The van der Waals surface area contributed by atoms with Crippen LogP contribution in [0.5, 0.6) is 0 Å². The first kappa shape index (κ1) is 9.73. The number of thiazole rings is 1. The van der Waals surface area contributed by atoms with Crippen molar-refractivity contribution in [2.24, 2.45) is 7.05 Å². The second-order valence-corrected chi connectivity index (χ2v) is 4.97. The molecule has 2 aromatic heterocycles. The van der Waals surface area contributed by atoms with Crippen molar-refractivity contribution in [3.63, 3.8) is 0 Å². The first-order chi connectivity index (χ1) is 6.75. The van der Waals surface area contributed by atoms with Crippen LogP contribution in [0.4, 0.5) is 0 Å². The molecule has 2 rings (SSSR count). The summed E-state index contributed by atoms with van der Waals surface area (Å²) in [5.41, 5.74) is 1.14. The number of aryl methyl sites for hydroxylation is 2. The SMILES string of the molecule is Cc1nc(CSc2nccn2C)cs1. The maximum absolute atomic E-state index is 4.40. The molecular formula is C9H11N3S2. The molecule has 0 atom stereocenters. The van der Waals surface area contributed by atoms with Gasteiger partial charge in [0.25, 0.3) is 0 Å². The molecule has 2 aromatic rings.